The van der Waals surface area contributed by atoms with Crippen molar-refractivity contribution in [1.82, 2.24) is 5.32 Å². The summed E-state index contributed by atoms with van der Waals surface area (Å²) in [6.45, 7) is 0.847. The molecule has 0 saturated heterocycles. The van der Waals surface area contributed by atoms with Gasteiger partial charge >= 0.3 is 5.17 Å². The Morgan fingerprint density at radius 2 is 2.20 bits per heavy atom. The maximum absolute atomic E-state index is 8.57. The van der Waals surface area contributed by atoms with E-state index in [1.54, 1.807) is 0 Å². The number of hydrogen-bond donors (Lipinski definition) is 1. The molecule has 1 unspecified atom stereocenters. The summed E-state index contributed by atoms with van der Waals surface area (Å²) in [4.78, 5) is 4.30. The quantitative estimate of drug-likeness (QED) is 0.461. The van der Waals surface area contributed by atoms with Crippen molar-refractivity contribution in [1.29, 1.82) is 5.26 Å². The Labute approximate surface area is 92.2 Å². The van der Waals surface area contributed by atoms with Crippen molar-refractivity contribution in [3.05, 3.63) is 35.9 Å². The van der Waals surface area contributed by atoms with E-state index in [0.29, 0.717) is 0 Å². The smallest absolute Gasteiger partial charge is 0.236 e. The fourth-order valence-electron chi connectivity index (χ4n) is 1.52. The molecule has 1 N–H and O–H groups in total. The molecule has 0 radical (unpaired) electrons. The van der Waals surface area contributed by atoms with Crippen LogP contribution in [-0.4, -0.2) is 17.5 Å². The second-order valence-electron chi connectivity index (χ2n) is 3.25. The van der Waals surface area contributed by atoms with Gasteiger partial charge < -0.3 is 0 Å². The average molecular weight is 218 g/mol. The predicted octanol–water partition coefficient (Wildman–Crippen LogP) is 1.25. The summed E-state index contributed by atoms with van der Waals surface area (Å²) >= 11 is 0. The Balaban J connectivity index is 2.02. The number of nitrogens with zero attached hydrogens (tertiary/aromatic N) is 2. The van der Waals surface area contributed by atoms with E-state index in [2.05, 4.69) is 22.4 Å². The SMILES string of the molecule is N#CNC1=NCC[S+]1Cc1ccccc1. The van der Waals surface area contributed by atoms with E-state index < -0.39 is 0 Å². The van der Waals surface area contributed by atoms with Gasteiger partial charge in [0, 0.05) is 5.56 Å². The van der Waals surface area contributed by atoms with Gasteiger partial charge in [0.15, 0.2) is 6.19 Å². The van der Waals surface area contributed by atoms with Crippen molar-refractivity contribution in [3.63, 3.8) is 0 Å². The van der Waals surface area contributed by atoms with Gasteiger partial charge in [-0.15, -0.1) is 0 Å². The zero-order valence-corrected chi connectivity index (χ0v) is 9.13. The molecule has 4 heteroatoms. The number of hydrogen-bond acceptors (Lipinski definition) is 3. The van der Waals surface area contributed by atoms with Crippen molar-refractivity contribution in [2.75, 3.05) is 12.3 Å². The molecule has 0 saturated carbocycles. The fourth-order valence-corrected chi connectivity index (χ4v) is 3.37. The topological polar surface area (TPSA) is 48.2 Å². The third-order valence-electron chi connectivity index (χ3n) is 2.21. The highest BCUT2D eigenvalue weighted by Crippen LogP contribution is 2.13. The summed E-state index contributed by atoms with van der Waals surface area (Å²) in [7, 11) is 0.100. The first-order chi connectivity index (χ1) is 7.40. The summed E-state index contributed by atoms with van der Waals surface area (Å²) in [5.74, 6) is 2.06. The van der Waals surface area contributed by atoms with E-state index in [0.717, 1.165) is 23.2 Å². The van der Waals surface area contributed by atoms with Crippen LogP contribution in [0, 0.1) is 11.5 Å². The molecule has 1 aromatic rings. The second-order valence-corrected chi connectivity index (χ2v) is 5.32. The van der Waals surface area contributed by atoms with Crippen molar-refractivity contribution < 1.29 is 0 Å². The molecular weight excluding hydrogens is 206 g/mol. The molecule has 0 spiro atoms. The minimum Gasteiger partial charge on any atom is -0.236 e. The van der Waals surface area contributed by atoms with E-state index in [-0.39, 0.29) is 10.9 Å². The Hall–Kier alpha value is -1.47. The first-order valence-electron chi connectivity index (χ1n) is 4.81. The van der Waals surface area contributed by atoms with Crippen LogP contribution in [-0.2, 0) is 16.6 Å². The highest BCUT2D eigenvalue weighted by Gasteiger charge is 2.31. The molecule has 0 aromatic heterocycles. The summed E-state index contributed by atoms with van der Waals surface area (Å²) in [6.07, 6.45) is 1.95. The Bertz CT molecular complexity index is 394. The van der Waals surface area contributed by atoms with Crippen LogP contribution in [0.2, 0.25) is 0 Å². The molecule has 76 valence electrons. The highest BCUT2D eigenvalue weighted by atomic mass is 32.2. The van der Waals surface area contributed by atoms with Gasteiger partial charge in [0.1, 0.15) is 11.5 Å². The maximum atomic E-state index is 8.57. The molecule has 1 aliphatic heterocycles. The molecule has 1 aliphatic rings. The molecule has 0 bridgehead atoms. The van der Waals surface area contributed by atoms with Gasteiger partial charge in [-0.2, -0.15) is 5.26 Å². The van der Waals surface area contributed by atoms with Crippen molar-refractivity contribution in [2.24, 2.45) is 4.99 Å². The Kier molecular flexibility index (Phi) is 3.25. The largest absolute Gasteiger partial charge is 0.327 e. The lowest BCUT2D eigenvalue weighted by Gasteiger charge is -2.01. The lowest BCUT2D eigenvalue weighted by Crippen LogP contribution is -2.27. The van der Waals surface area contributed by atoms with Crippen LogP contribution in [0.25, 0.3) is 0 Å². The van der Waals surface area contributed by atoms with Gasteiger partial charge in [-0.1, -0.05) is 30.3 Å². The number of nitrogens with one attached hydrogen (secondary N) is 1. The minimum absolute atomic E-state index is 0.100. The third kappa shape index (κ3) is 2.51. The van der Waals surface area contributed by atoms with Crippen LogP contribution < -0.4 is 5.32 Å². The van der Waals surface area contributed by atoms with E-state index in [9.17, 15) is 0 Å². The monoisotopic (exact) mass is 218 g/mol. The van der Waals surface area contributed by atoms with E-state index >= 15 is 0 Å². The van der Waals surface area contributed by atoms with Gasteiger partial charge in [0.05, 0.1) is 17.4 Å². The number of rotatable bonds is 2. The molecule has 3 nitrogen and oxygen atoms in total. The molecular formula is C11H12N3S+. The van der Waals surface area contributed by atoms with Crippen molar-refractivity contribution >= 4 is 16.1 Å². The van der Waals surface area contributed by atoms with Crippen LogP contribution >= 0.6 is 0 Å². The van der Waals surface area contributed by atoms with Crippen molar-refractivity contribution in [3.8, 4) is 6.19 Å². The molecule has 2 rings (SSSR count). The molecule has 15 heavy (non-hydrogen) atoms. The highest BCUT2D eigenvalue weighted by molar-refractivity contribution is 8.10. The van der Waals surface area contributed by atoms with Crippen molar-refractivity contribution in [2.45, 2.75) is 5.75 Å². The molecule has 0 fully saturated rings. The third-order valence-corrected chi connectivity index (χ3v) is 4.35. The van der Waals surface area contributed by atoms with Gasteiger partial charge in [0.2, 0.25) is 0 Å². The van der Waals surface area contributed by atoms with Gasteiger partial charge in [0.25, 0.3) is 0 Å². The van der Waals surface area contributed by atoms with Crippen LogP contribution in [0.1, 0.15) is 5.56 Å². The first-order valence-corrected chi connectivity index (χ1v) is 6.37. The van der Waals surface area contributed by atoms with Crippen LogP contribution in [0.5, 0.6) is 0 Å². The van der Waals surface area contributed by atoms with Gasteiger partial charge in [-0.05, 0) is 0 Å². The second kappa shape index (κ2) is 4.85. The zero-order chi connectivity index (χ0) is 10.5. The maximum Gasteiger partial charge on any atom is 0.327 e. The normalized spacial score (nSPS) is 19.4. The number of amidine groups is 1. The average Bonchev–Trinajstić information content (AvgIpc) is 2.68. The number of benzene rings is 1. The number of nitriles is 1. The van der Waals surface area contributed by atoms with E-state index in [1.807, 2.05) is 24.4 Å². The van der Waals surface area contributed by atoms with Gasteiger partial charge in [-0.3, -0.25) is 0 Å². The predicted molar refractivity (Wildman–Crippen MR) is 63.4 cm³/mol. The van der Waals surface area contributed by atoms with Crippen LogP contribution in [0.3, 0.4) is 0 Å². The summed E-state index contributed by atoms with van der Waals surface area (Å²) in [5, 5.41) is 12.1. The van der Waals surface area contributed by atoms with E-state index in [1.165, 1.54) is 5.56 Å². The summed E-state index contributed by atoms with van der Waals surface area (Å²) < 4.78 is 0. The summed E-state index contributed by atoms with van der Waals surface area (Å²) in [6, 6.07) is 10.3. The Morgan fingerprint density at radius 1 is 1.40 bits per heavy atom. The van der Waals surface area contributed by atoms with E-state index in [4.69, 9.17) is 5.26 Å². The Morgan fingerprint density at radius 3 is 2.93 bits per heavy atom. The van der Waals surface area contributed by atoms with Crippen LogP contribution in [0.4, 0.5) is 0 Å². The minimum atomic E-state index is 0.100. The molecule has 1 aromatic carbocycles. The lowest BCUT2D eigenvalue weighted by molar-refractivity contribution is 1.15. The first kappa shape index (κ1) is 10.1. The van der Waals surface area contributed by atoms with Crippen LogP contribution in [0.15, 0.2) is 35.3 Å². The number of aliphatic imine (C=N–C) groups is 1. The molecule has 0 amide bonds. The lowest BCUT2D eigenvalue weighted by atomic mass is 10.2. The van der Waals surface area contributed by atoms with Gasteiger partial charge in [-0.25, -0.2) is 10.3 Å². The molecule has 1 atom stereocenters. The summed E-state index contributed by atoms with van der Waals surface area (Å²) in [5.41, 5.74) is 1.31. The molecule has 1 heterocycles. The zero-order valence-electron chi connectivity index (χ0n) is 8.31. The molecule has 0 aliphatic carbocycles. The fraction of sp³-hybridized carbons (Fsp3) is 0.273. The standard InChI is InChI=1S/C11H12N3S/c12-9-14-11-13-6-7-15(11)8-10-4-2-1-3-5-10/h1-5H,6-8H2,(H,13,14)/q+1.